The van der Waals surface area contributed by atoms with E-state index in [4.69, 9.17) is 11.6 Å². The maximum Gasteiger partial charge on any atom is 0.240 e. The Bertz CT molecular complexity index is 908. The van der Waals surface area contributed by atoms with Crippen molar-refractivity contribution in [2.45, 2.75) is 11.4 Å². The van der Waals surface area contributed by atoms with Gasteiger partial charge < -0.3 is 0 Å². The molecule has 2 aromatic carbocycles. The Labute approximate surface area is 139 Å². The lowest BCUT2D eigenvalue weighted by Gasteiger charge is -2.05. The van der Waals surface area contributed by atoms with Crippen LogP contribution in [0, 0.1) is 0 Å². The summed E-state index contributed by atoms with van der Waals surface area (Å²) in [4.78, 5) is 0.139. The van der Waals surface area contributed by atoms with Crippen LogP contribution in [-0.4, -0.2) is 18.2 Å². The van der Waals surface area contributed by atoms with E-state index in [2.05, 4.69) is 9.82 Å². The maximum atomic E-state index is 12.2. The molecule has 0 aliphatic rings. The van der Waals surface area contributed by atoms with E-state index in [0.29, 0.717) is 5.02 Å². The number of para-hydroxylation sites is 1. The summed E-state index contributed by atoms with van der Waals surface area (Å²) in [6, 6.07) is 15.7. The molecule has 7 heteroatoms. The van der Waals surface area contributed by atoms with Crippen molar-refractivity contribution in [3.63, 3.8) is 0 Å². The summed E-state index contributed by atoms with van der Waals surface area (Å²) in [5.41, 5.74) is 1.68. The summed E-state index contributed by atoms with van der Waals surface area (Å²) in [6.45, 7) is 0.154. The average Bonchev–Trinajstić information content (AvgIpc) is 3.03. The normalized spacial score (nSPS) is 11.5. The summed E-state index contributed by atoms with van der Waals surface area (Å²) >= 11 is 5.83. The molecule has 1 N–H and O–H groups in total. The number of nitrogens with zero attached hydrogens (tertiary/aromatic N) is 2. The summed E-state index contributed by atoms with van der Waals surface area (Å²) in [7, 11) is -3.61. The Morgan fingerprint density at radius 2 is 1.87 bits per heavy atom. The Hall–Kier alpha value is -2.15. The predicted molar refractivity (Wildman–Crippen MR) is 89.0 cm³/mol. The van der Waals surface area contributed by atoms with E-state index in [9.17, 15) is 8.42 Å². The molecular weight excluding hydrogens is 334 g/mol. The smallest absolute Gasteiger partial charge is 0.240 e. The molecule has 118 valence electrons. The lowest BCUT2D eigenvalue weighted by Crippen LogP contribution is -2.23. The van der Waals surface area contributed by atoms with Crippen molar-refractivity contribution < 1.29 is 8.42 Å². The minimum atomic E-state index is -3.61. The molecule has 0 bridgehead atoms. The molecule has 1 aromatic heterocycles. The minimum Gasteiger partial charge on any atom is -0.241 e. The maximum absolute atomic E-state index is 12.2. The largest absolute Gasteiger partial charge is 0.241 e. The minimum absolute atomic E-state index is 0.139. The van der Waals surface area contributed by atoms with Gasteiger partial charge in [-0.3, -0.25) is 0 Å². The molecule has 0 radical (unpaired) electrons. The van der Waals surface area contributed by atoms with E-state index in [1.165, 1.54) is 12.1 Å². The van der Waals surface area contributed by atoms with Gasteiger partial charge in [-0.15, -0.1) is 0 Å². The Balaban J connectivity index is 1.73. The quantitative estimate of drug-likeness (QED) is 0.771. The van der Waals surface area contributed by atoms with Crippen LogP contribution in [0.15, 0.2) is 71.9 Å². The van der Waals surface area contributed by atoms with Crippen LogP contribution in [0.25, 0.3) is 5.69 Å². The van der Waals surface area contributed by atoms with Crippen molar-refractivity contribution in [1.82, 2.24) is 14.5 Å². The third-order valence-electron chi connectivity index (χ3n) is 3.23. The molecule has 0 aliphatic carbocycles. The highest BCUT2D eigenvalue weighted by Crippen LogP contribution is 2.16. The molecule has 5 nitrogen and oxygen atoms in total. The van der Waals surface area contributed by atoms with Crippen molar-refractivity contribution in [3.05, 3.63) is 77.6 Å². The number of aromatic nitrogens is 2. The van der Waals surface area contributed by atoms with Crippen LogP contribution in [0.1, 0.15) is 5.56 Å². The number of benzene rings is 2. The van der Waals surface area contributed by atoms with E-state index in [1.807, 2.05) is 30.3 Å². The van der Waals surface area contributed by atoms with Crippen molar-refractivity contribution in [2.75, 3.05) is 0 Å². The van der Waals surface area contributed by atoms with Crippen molar-refractivity contribution >= 4 is 21.6 Å². The molecule has 0 unspecified atom stereocenters. The van der Waals surface area contributed by atoms with Gasteiger partial charge in [-0.1, -0.05) is 35.9 Å². The topological polar surface area (TPSA) is 64.0 Å². The number of rotatable bonds is 5. The monoisotopic (exact) mass is 347 g/mol. The highest BCUT2D eigenvalue weighted by molar-refractivity contribution is 7.89. The predicted octanol–water partition coefficient (Wildman–Crippen LogP) is 3.00. The molecule has 0 atom stereocenters. The van der Waals surface area contributed by atoms with E-state index < -0.39 is 10.0 Å². The fraction of sp³-hybridized carbons (Fsp3) is 0.0625. The lowest BCUT2D eigenvalue weighted by atomic mass is 10.3. The zero-order valence-corrected chi connectivity index (χ0v) is 13.6. The first kappa shape index (κ1) is 15.7. The van der Waals surface area contributed by atoms with Crippen LogP contribution in [0.5, 0.6) is 0 Å². The highest BCUT2D eigenvalue weighted by Gasteiger charge is 2.14. The fourth-order valence-corrected chi connectivity index (χ4v) is 3.39. The van der Waals surface area contributed by atoms with Gasteiger partial charge in [0, 0.05) is 23.3 Å². The zero-order chi connectivity index (χ0) is 16.3. The van der Waals surface area contributed by atoms with Gasteiger partial charge in [-0.05, 0) is 30.3 Å². The fourth-order valence-electron chi connectivity index (χ4n) is 2.07. The van der Waals surface area contributed by atoms with Crippen molar-refractivity contribution in [2.24, 2.45) is 0 Å². The zero-order valence-electron chi connectivity index (χ0n) is 12.1. The summed E-state index contributed by atoms with van der Waals surface area (Å²) in [5.74, 6) is 0. The summed E-state index contributed by atoms with van der Waals surface area (Å²) < 4.78 is 28.7. The summed E-state index contributed by atoms with van der Waals surface area (Å²) in [6.07, 6.45) is 3.42. The number of hydrogen-bond donors (Lipinski definition) is 1. The molecule has 23 heavy (non-hydrogen) atoms. The van der Waals surface area contributed by atoms with E-state index in [1.54, 1.807) is 29.2 Å². The van der Waals surface area contributed by atoms with Gasteiger partial charge in [0.25, 0.3) is 0 Å². The van der Waals surface area contributed by atoms with Gasteiger partial charge in [0.15, 0.2) is 0 Å². The number of sulfonamides is 1. The van der Waals surface area contributed by atoms with Crippen molar-refractivity contribution in [1.29, 1.82) is 0 Å². The lowest BCUT2D eigenvalue weighted by molar-refractivity contribution is 0.581. The van der Waals surface area contributed by atoms with E-state index in [0.717, 1.165) is 11.3 Å². The molecule has 0 spiro atoms. The number of hydrogen-bond acceptors (Lipinski definition) is 3. The second kappa shape index (κ2) is 6.54. The van der Waals surface area contributed by atoms with Crippen LogP contribution in [0.2, 0.25) is 5.02 Å². The number of nitrogens with one attached hydrogen (secondary N) is 1. The molecule has 0 amide bonds. The van der Waals surface area contributed by atoms with Gasteiger partial charge in [0.1, 0.15) is 0 Å². The van der Waals surface area contributed by atoms with Gasteiger partial charge in [0.05, 0.1) is 16.8 Å². The van der Waals surface area contributed by atoms with E-state index in [-0.39, 0.29) is 11.4 Å². The third kappa shape index (κ3) is 3.79. The molecule has 3 aromatic rings. The van der Waals surface area contributed by atoms with Gasteiger partial charge in [-0.25, -0.2) is 17.8 Å². The Morgan fingerprint density at radius 3 is 2.61 bits per heavy atom. The first-order chi connectivity index (χ1) is 11.0. The standard InChI is InChI=1S/C16H14ClN3O2S/c17-14-5-4-8-16(9-14)23(21,22)19-11-13-10-18-20(12-13)15-6-2-1-3-7-15/h1-10,12,19H,11H2. The molecule has 0 fully saturated rings. The van der Waals surface area contributed by atoms with Crippen LogP contribution < -0.4 is 4.72 Å². The third-order valence-corrected chi connectivity index (χ3v) is 4.86. The molecule has 1 heterocycles. The van der Waals surface area contributed by atoms with Crippen LogP contribution in [0.4, 0.5) is 0 Å². The SMILES string of the molecule is O=S(=O)(NCc1cnn(-c2ccccc2)c1)c1cccc(Cl)c1. The van der Waals surface area contributed by atoms with Gasteiger partial charge in [-0.2, -0.15) is 5.10 Å². The second-order valence-electron chi connectivity index (χ2n) is 4.91. The Morgan fingerprint density at radius 1 is 1.09 bits per heavy atom. The van der Waals surface area contributed by atoms with Gasteiger partial charge >= 0.3 is 0 Å². The van der Waals surface area contributed by atoms with E-state index >= 15 is 0 Å². The first-order valence-corrected chi connectivity index (χ1v) is 8.75. The molecular formula is C16H14ClN3O2S. The number of halogens is 1. The molecule has 0 aliphatic heterocycles. The first-order valence-electron chi connectivity index (χ1n) is 6.89. The molecule has 0 saturated heterocycles. The average molecular weight is 348 g/mol. The highest BCUT2D eigenvalue weighted by atomic mass is 35.5. The van der Waals surface area contributed by atoms with Crippen LogP contribution in [-0.2, 0) is 16.6 Å². The molecule has 0 saturated carbocycles. The van der Waals surface area contributed by atoms with Crippen molar-refractivity contribution in [3.8, 4) is 5.69 Å². The van der Waals surface area contributed by atoms with Crippen LogP contribution >= 0.6 is 11.6 Å². The van der Waals surface area contributed by atoms with Gasteiger partial charge in [0.2, 0.25) is 10.0 Å². The Kier molecular flexibility index (Phi) is 4.47. The van der Waals surface area contributed by atoms with Crippen LogP contribution in [0.3, 0.4) is 0 Å². The second-order valence-corrected chi connectivity index (χ2v) is 7.11. The summed E-state index contributed by atoms with van der Waals surface area (Å²) in [5, 5.41) is 4.61. The molecule has 3 rings (SSSR count).